The van der Waals surface area contributed by atoms with Crippen molar-refractivity contribution in [1.29, 1.82) is 0 Å². The van der Waals surface area contributed by atoms with Gasteiger partial charge in [0.2, 0.25) is 5.91 Å². The largest absolute Gasteiger partial charge is 0.480 e. The van der Waals surface area contributed by atoms with Crippen LogP contribution in [-0.2, 0) is 16.0 Å². The number of rotatable bonds is 17. The van der Waals surface area contributed by atoms with Crippen LogP contribution >= 0.6 is 0 Å². The van der Waals surface area contributed by atoms with Crippen LogP contribution in [0.5, 0.6) is 0 Å². The van der Waals surface area contributed by atoms with E-state index in [-0.39, 0.29) is 12.3 Å². The van der Waals surface area contributed by atoms with Crippen LogP contribution in [0.25, 0.3) is 0 Å². The number of nitrogens with one attached hydrogen (secondary N) is 1. The summed E-state index contributed by atoms with van der Waals surface area (Å²) in [4.78, 5) is 24.2. The molecule has 5 heteroatoms. The number of aliphatic carboxylic acids is 1. The molecule has 34 heavy (non-hydrogen) atoms. The van der Waals surface area contributed by atoms with E-state index in [1.54, 1.807) is 0 Å². The van der Waals surface area contributed by atoms with Crippen molar-refractivity contribution in [3.8, 4) is 0 Å². The molecule has 0 radical (unpaired) electrons. The first-order valence-electron chi connectivity index (χ1n) is 12.9. The number of carbonyl (C=O) groups excluding carboxylic acids is 1. The molecular weight excluding hydrogens is 424 g/mol. The third-order valence-electron chi connectivity index (χ3n) is 6.31. The third kappa shape index (κ3) is 10.1. The Bertz CT molecular complexity index is 836. The first kappa shape index (κ1) is 27.6. The van der Waals surface area contributed by atoms with E-state index in [9.17, 15) is 9.59 Å². The standard InChI is InChI=1S/C29H42N2O3/c1-2-3-4-5-6-7-8-9-10-14-21-31-28(32)27(24-15-12-11-13-16-24)25-19-17-23(18-20-25)22-26(30)29(33)34/h11-13,15-20,26-27H,2-10,14,21-22,30H2,1H3,(H,31,32)(H,33,34)/t26-,27?/m1/s1. The quantitative estimate of drug-likeness (QED) is 0.257. The zero-order valence-electron chi connectivity index (χ0n) is 20.7. The van der Waals surface area contributed by atoms with Crippen LogP contribution in [0, 0.1) is 0 Å². The maximum Gasteiger partial charge on any atom is 0.320 e. The number of hydrogen-bond acceptors (Lipinski definition) is 3. The molecule has 0 spiro atoms. The van der Waals surface area contributed by atoms with Crippen molar-refractivity contribution in [3.63, 3.8) is 0 Å². The van der Waals surface area contributed by atoms with E-state index in [1.165, 1.54) is 51.4 Å². The van der Waals surface area contributed by atoms with Crippen LogP contribution in [0.2, 0.25) is 0 Å². The highest BCUT2D eigenvalue weighted by Gasteiger charge is 2.22. The SMILES string of the molecule is CCCCCCCCCCCCNC(=O)C(c1ccccc1)c1ccc(C[C@@H](N)C(=O)O)cc1. The number of amides is 1. The molecule has 2 rings (SSSR count). The van der Waals surface area contributed by atoms with E-state index in [0.29, 0.717) is 6.54 Å². The van der Waals surface area contributed by atoms with Gasteiger partial charge in [0.1, 0.15) is 6.04 Å². The maximum atomic E-state index is 13.1. The van der Waals surface area contributed by atoms with Crippen molar-refractivity contribution >= 4 is 11.9 Å². The lowest BCUT2D eigenvalue weighted by molar-refractivity contribution is -0.138. The minimum absolute atomic E-state index is 0.00267. The van der Waals surface area contributed by atoms with E-state index >= 15 is 0 Å². The molecule has 0 heterocycles. The Labute approximate surface area is 205 Å². The average Bonchev–Trinajstić information content (AvgIpc) is 2.84. The fraction of sp³-hybridized carbons (Fsp3) is 0.517. The molecule has 186 valence electrons. The number of carbonyl (C=O) groups is 2. The molecule has 5 nitrogen and oxygen atoms in total. The predicted molar refractivity (Wildman–Crippen MR) is 139 cm³/mol. The molecule has 0 bridgehead atoms. The van der Waals surface area contributed by atoms with Gasteiger partial charge in [-0.2, -0.15) is 0 Å². The number of benzene rings is 2. The predicted octanol–water partition coefficient (Wildman–Crippen LogP) is 5.81. The van der Waals surface area contributed by atoms with Crippen LogP contribution in [0.3, 0.4) is 0 Å². The second kappa shape index (κ2) is 16.0. The summed E-state index contributed by atoms with van der Waals surface area (Å²) in [5.41, 5.74) is 8.33. The summed E-state index contributed by atoms with van der Waals surface area (Å²) in [6.07, 6.45) is 12.9. The van der Waals surface area contributed by atoms with Gasteiger partial charge in [-0.3, -0.25) is 9.59 Å². The van der Waals surface area contributed by atoms with Gasteiger partial charge in [0.15, 0.2) is 0 Å². The summed E-state index contributed by atoms with van der Waals surface area (Å²) in [5, 5.41) is 12.2. The molecule has 0 saturated carbocycles. The van der Waals surface area contributed by atoms with Crippen molar-refractivity contribution in [2.45, 2.75) is 89.5 Å². The molecular formula is C29H42N2O3. The molecule has 0 saturated heterocycles. The van der Waals surface area contributed by atoms with Gasteiger partial charge in [0.25, 0.3) is 0 Å². The molecule has 2 atom stereocenters. The molecule has 0 aliphatic rings. The van der Waals surface area contributed by atoms with E-state index in [0.717, 1.165) is 29.5 Å². The number of hydrogen-bond donors (Lipinski definition) is 3. The second-order valence-electron chi connectivity index (χ2n) is 9.21. The first-order valence-corrected chi connectivity index (χ1v) is 12.9. The monoisotopic (exact) mass is 466 g/mol. The topological polar surface area (TPSA) is 92.4 Å². The summed E-state index contributed by atoms with van der Waals surface area (Å²) < 4.78 is 0. The zero-order valence-corrected chi connectivity index (χ0v) is 20.7. The molecule has 4 N–H and O–H groups in total. The van der Waals surface area contributed by atoms with Gasteiger partial charge in [-0.1, -0.05) is 119 Å². The summed E-state index contributed by atoms with van der Waals surface area (Å²) in [6.45, 7) is 2.93. The molecule has 0 aromatic heterocycles. The van der Waals surface area contributed by atoms with Crippen LogP contribution < -0.4 is 11.1 Å². The van der Waals surface area contributed by atoms with E-state index in [4.69, 9.17) is 10.8 Å². The molecule has 2 aromatic rings. The molecule has 0 fully saturated rings. The lowest BCUT2D eigenvalue weighted by Crippen LogP contribution is -2.32. The van der Waals surface area contributed by atoms with Crippen LogP contribution in [0.1, 0.15) is 93.7 Å². The Morgan fingerprint density at radius 2 is 1.32 bits per heavy atom. The van der Waals surface area contributed by atoms with Crippen molar-refractivity contribution in [2.75, 3.05) is 6.54 Å². The van der Waals surface area contributed by atoms with Gasteiger partial charge in [0, 0.05) is 6.54 Å². The lowest BCUT2D eigenvalue weighted by atomic mass is 9.89. The molecule has 1 unspecified atom stereocenters. The highest BCUT2D eigenvalue weighted by Crippen LogP contribution is 2.25. The zero-order chi connectivity index (χ0) is 24.6. The van der Waals surface area contributed by atoms with E-state index in [2.05, 4.69) is 12.2 Å². The van der Waals surface area contributed by atoms with Crippen molar-refractivity contribution in [2.24, 2.45) is 5.73 Å². The summed E-state index contributed by atoms with van der Waals surface area (Å²) >= 11 is 0. The van der Waals surface area contributed by atoms with E-state index < -0.39 is 17.9 Å². The van der Waals surface area contributed by atoms with Gasteiger partial charge >= 0.3 is 5.97 Å². The highest BCUT2D eigenvalue weighted by atomic mass is 16.4. The number of nitrogens with two attached hydrogens (primary N) is 1. The van der Waals surface area contributed by atoms with E-state index in [1.807, 2.05) is 54.6 Å². The van der Waals surface area contributed by atoms with Gasteiger partial charge < -0.3 is 16.2 Å². The van der Waals surface area contributed by atoms with Gasteiger partial charge in [-0.25, -0.2) is 0 Å². The maximum absolute atomic E-state index is 13.1. The Balaban J connectivity index is 1.84. The number of carboxylic acid groups (broad SMARTS) is 1. The van der Waals surface area contributed by atoms with Gasteiger partial charge in [-0.15, -0.1) is 0 Å². The molecule has 2 aromatic carbocycles. The minimum Gasteiger partial charge on any atom is -0.480 e. The minimum atomic E-state index is -1.02. The summed E-state index contributed by atoms with van der Waals surface area (Å²) in [6, 6.07) is 16.4. The summed E-state index contributed by atoms with van der Waals surface area (Å²) in [7, 11) is 0. The van der Waals surface area contributed by atoms with Crippen molar-refractivity contribution in [3.05, 3.63) is 71.3 Å². The van der Waals surface area contributed by atoms with Gasteiger partial charge in [-0.05, 0) is 29.5 Å². The Hall–Kier alpha value is -2.66. The van der Waals surface area contributed by atoms with Crippen LogP contribution in [0.4, 0.5) is 0 Å². The lowest BCUT2D eigenvalue weighted by Gasteiger charge is -2.18. The Morgan fingerprint density at radius 1 is 0.794 bits per heavy atom. The normalized spacial score (nSPS) is 12.8. The molecule has 0 aliphatic carbocycles. The Kier molecular flexibility index (Phi) is 13.0. The Morgan fingerprint density at radius 3 is 1.88 bits per heavy atom. The fourth-order valence-corrected chi connectivity index (χ4v) is 4.25. The molecule has 1 amide bonds. The van der Waals surface area contributed by atoms with Crippen molar-refractivity contribution in [1.82, 2.24) is 5.32 Å². The third-order valence-corrected chi connectivity index (χ3v) is 6.31. The first-order chi connectivity index (χ1) is 16.5. The average molecular weight is 467 g/mol. The second-order valence-corrected chi connectivity index (χ2v) is 9.21. The van der Waals surface area contributed by atoms with Crippen molar-refractivity contribution < 1.29 is 14.7 Å². The number of carboxylic acids is 1. The number of unbranched alkanes of at least 4 members (excludes halogenated alkanes) is 9. The van der Waals surface area contributed by atoms with Crippen LogP contribution in [0.15, 0.2) is 54.6 Å². The highest BCUT2D eigenvalue weighted by molar-refractivity contribution is 5.87. The molecule has 0 aliphatic heterocycles. The fourth-order valence-electron chi connectivity index (χ4n) is 4.25. The smallest absolute Gasteiger partial charge is 0.320 e. The van der Waals surface area contributed by atoms with Crippen LogP contribution in [-0.4, -0.2) is 29.6 Å². The summed E-state index contributed by atoms with van der Waals surface area (Å²) in [5.74, 6) is -1.42. The van der Waals surface area contributed by atoms with Gasteiger partial charge in [0.05, 0.1) is 5.92 Å².